The molecule has 0 saturated heterocycles. The summed E-state index contributed by atoms with van der Waals surface area (Å²) in [5.41, 5.74) is 1.22. The van der Waals surface area contributed by atoms with Crippen LogP contribution in [0, 0.1) is 0 Å². The number of carbonyl (C=O) groups is 2. The number of benzene rings is 1. The molecule has 1 aromatic carbocycles. The number of likely N-dealkylation sites (N-methyl/N-ethyl adjacent to an activating group) is 1. The van der Waals surface area contributed by atoms with Gasteiger partial charge >= 0.3 is 5.97 Å². The summed E-state index contributed by atoms with van der Waals surface area (Å²) in [5, 5.41) is 0. The maximum Gasteiger partial charge on any atom is 0.313 e. The molecule has 1 aromatic rings. The highest BCUT2D eigenvalue weighted by Gasteiger charge is 2.07. The second-order valence-corrected chi connectivity index (χ2v) is 4.32. The van der Waals surface area contributed by atoms with Crippen molar-refractivity contribution in [3.63, 3.8) is 0 Å². The van der Waals surface area contributed by atoms with Crippen LogP contribution in [0.2, 0.25) is 0 Å². The van der Waals surface area contributed by atoms with E-state index in [9.17, 15) is 9.59 Å². The number of hydrogen-bond donors (Lipinski definition) is 0. The van der Waals surface area contributed by atoms with Crippen molar-refractivity contribution in [1.29, 1.82) is 0 Å². The SMILES string of the molecule is CC(=O)CC(=O)OCCN(C)Cc1ccccc1. The van der Waals surface area contributed by atoms with Crippen molar-refractivity contribution in [2.45, 2.75) is 19.9 Å². The van der Waals surface area contributed by atoms with Crippen molar-refractivity contribution in [3.05, 3.63) is 35.9 Å². The first-order valence-corrected chi connectivity index (χ1v) is 5.95. The van der Waals surface area contributed by atoms with E-state index in [2.05, 4.69) is 17.0 Å². The van der Waals surface area contributed by atoms with Gasteiger partial charge in [0.05, 0.1) is 0 Å². The van der Waals surface area contributed by atoms with Gasteiger partial charge in [-0.3, -0.25) is 14.5 Å². The molecular formula is C14H19NO3. The number of ketones is 1. The van der Waals surface area contributed by atoms with Gasteiger partial charge in [0.15, 0.2) is 0 Å². The van der Waals surface area contributed by atoms with Crippen molar-refractivity contribution in [3.8, 4) is 0 Å². The van der Waals surface area contributed by atoms with E-state index < -0.39 is 5.97 Å². The smallest absolute Gasteiger partial charge is 0.313 e. The minimum Gasteiger partial charge on any atom is -0.464 e. The highest BCUT2D eigenvalue weighted by molar-refractivity contribution is 5.94. The Morgan fingerprint density at radius 3 is 2.50 bits per heavy atom. The van der Waals surface area contributed by atoms with E-state index in [0.717, 1.165) is 6.54 Å². The zero-order valence-electron chi connectivity index (χ0n) is 10.9. The molecule has 1 rings (SSSR count). The maximum absolute atomic E-state index is 11.1. The molecular weight excluding hydrogens is 230 g/mol. The summed E-state index contributed by atoms with van der Waals surface area (Å²) in [5.74, 6) is -0.617. The van der Waals surface area contributed by atoms with Crippen LogP contribution in [0.4, 0.5) is 0 Å². The standard InChI is InChI=1S/C14H19NO3/c1-12(16)10-14(17)18-9-8-15(2)11-13-6-4-3-5-7-13/h3-7H,8-11H2,1-2H3. The summed E-state index contributed by atoms with van der Waals surface area (Å²) in [6, 6.07) is 10.1. The highest BCUT2D eigenvalue weighted by atomic mass is 16.5. The van der Waals surface area contributed by atoms with E-state index >= 15 is 0 Å². The number of nitrogens with zero attached hydrogens (tertiary/aromatic N) is 1. The van der Waals surface area contributed by atoms with E-state index in [1.54, 1.807) is 0 Å². The fourth-order valence-corrected chi connectivity index (χ4v) is 1.54. The van der Waals surface area contributed by atoms with Crippen molar-refractivity contribution < 1.29 is 14.3 Å². The summed E-state index contributed by atoms with van der Waals surface area (Å²) in [7, 11) is 1.96. The average molecular weight is 249 g/mol. The lowest BCUT2D eigenvalue weighted by Gasteiger charge is -2.16. The van der Waals surface area contributed by atoms with Crippen LogP contribution in [0.5, 0.6) is 0 Å². The van der Waals surface area contributed by atoms with Crippen LogP contribution in [0.3, 0.4) is 0 Å². The summed E-state index contributed by atoms with van der Waals surface area (Å²) >= 11 is 0. The lowest BCUT2D eigenvalue weighted by Crippen LogP contribution is -2.24. The van der Waals surface area contributed by atoms with Crippen molar-refractivity contribution in [2.75, 3.05) is 20.2 Å². The molecule has 0 aliphatic heterocycles. The van der Waals surface area contributed by atoms with Crippen LogP contribution < -0.4 is 0 Å². The Hall–Kier alpha value is -1.68. The zero-order valence-corrected chi connectivity index (χ0v) is 10.9. The number of ether oxygens (including phenoxy) is 1. The first-order chi connectivity index (χ1) is 8.58. The van der Waals surface area contributed by atoms with Crippen molar-refractivity contribution >= 4 is 11.8 Å². The van der Waals surface area contributed by atoms with Crippen molar-refractivity contribution in [2.24, 2.45) is 0 Å². The van der Waals surface area contributed by atoms with Gasteiger partial charge in [0.25, 0.3) is 0 Å². The normalized spacial score (nSPS) is 10.4. The molecule has 0 amide bonds. The molecule has 98 valence electrons. The molecule has 0 fully saturated rings. The molecule has 0 aliphatic rings. The Morgan fingerprint density at radius 1 is 1.22 bits per heavy atom. The molecule has 0 unspecified atom stereocenters. The highest BCUT2D eigenvalue weighted by Crippen LogP contribution is 2.02. The fourth-order valence-electron chi connectivity index (χ4n) is 1.54. The van der Waals surface area contributed by atoms with Gasteiger partial charge in [-0.2, -0.15) is 0 Å². The molecule has 0 N–H and O–H groups in total. The first kappa shape index (κ1) is 14.4. The minimum absolute atomic E-state index is 0.137. The van der Waals surface area contributed by atoms with Gasteiger partial charge < -0.3 is 4.74 Å². The molecule has 0 aliphatic carbocycles. The lowest BCUT2D eigenvalue weighted by molar-refractivity contribution is -0.146. The molecule has 18 heavy (non-hydrogen) atoms. The van der Waals surface area contributed by atoms with Crippen LogP contribution in [-0.4, -0.2) is 36.9 Å². The molecule has 4 heteroatoms. The minimum atomic E-state index is -0.449. The molecule has 0 atom stereocenters. The second kappa shape index (κ2) is 7.61. The van der Waals surface area contributed by atoms with Crippen LogP contribution in [0.15, 0.2) is 30.3 Å². The van der Waals surface area contributed by atoms with Gasteiger partial charge in [-0.05, 0) is 19.5 Å². The molecule has 4 nitrogen and oxygen atoms in total. The number of carbonyl (C=O) groups excluding carboxylic acids is 2. The van der Waals surface area contributed by atoms with E-state index in [-0.39, 0.29) is 12.2 Å². The molecule has 0 spiro atoms. The Bertz CT molecular complexity index is 389. The van der Waals surface area contributed by atoms with E-state index in [1.165, 1.54) is 12.5 Å². The summed E-state index contributed by atoms with van der Waals surface area (Å²) < 4.78 is 4.96. The molecule has 0 bridgehead atoms. The Labute approximate surface area is 108 Å². The van der Waals surface area contributed by atoms with Gasteiger partial charge in [0, 0.05) is 13.1 Å². The number of Topliss-reactive ketones (excluding diaryl/α,β-unsaturated/α-hetero) is 1. The molecule has 0 heterocycles. The van der Waals surface area contributed by atoms with Gasteiger partial charge in [0.2, 0.25) is 0 Å². The second-order valence-electron chi connectivity index (χ2n) is 4.32. The van der Waals surface area contributed by atoms with E-state index in [1.807, 2.05) is 25.2 Å². The fraction of sp³-hybridized carbons (Fsp3) is 0.429. The van der Waals surface area contributed by atoms with Crippen LogP contribution in [0.25, 0.3) is 0 Å². The summed E-state index contributed by atoms with van der Waals surface area (Å²) in [6.45, 7) is 3.15. The summed E-state index contributed by atoms with van der Waals surface area (Å²) in [6.07, 6.45) is -0.137. The van der Waals surface area contributed by atoms with E-state index in [4.69, 9.17) is 4.74 Å². The third-order valence-corrected chi connectivity index (χ3v) is 2.42. The predicted molar refractivity (Wildman–Crippen MR) is 69.0 cm³/mol. The largest absolute Gasteiger partial charge is 0.464 e. The number of esters is 1. The van der Waals surface area contributed by atoms with E-state index in [0.29, 0.717) is 13.2 Å². The first-order valence-electron chi connectivity index (χ1n) is 5.95. The Balaban J connectivity index is 2.19. The van der Waals surface area contributed by atoms with Crippen LogP contribution >= 0.6 is 0 Å². The number of hydrogen-bond acceptors (Lipinski definition) is 4. The topological polar surface area (TPSA) is 46.6 Å². The van der Waals surface area contributed by atoms with Gasteiger partial charge in [0.1, 0.15) is 18.8 Å². The lowest BCUT2D eigenvalue weighted by atomic mass is 10.2. The monoisotopic (exact) mass is 249 g/mol. The number of rotatable bonds is 7. The van der Waals surface area contributed by atoms with Crippen molar-refractivity contribution in [1.82, 2.24) is 4.90 Å². The van der Waals surface area contributed by atoms with Crippen LogP contribution in [-0.2, 0) is 20.9 Å². The third-order valence-electron chi connectivity index (χ3n) is 2.42. The Kier molecular flexibility index (Phi) is 6.08. The van der Waals surface area contributed by atoms with Gasteiger partial charge in [-0.1, -0.05) is 30.3 Å². The van der Waals surface area contributed by atoms with Gasteiger partial charge in [-0.15, -0.1) is 0 Å². The van der Waals surface area contributed by atoms with Crippen LogP contribution in [0.1, 0.15) is 18.9 Å². The maximum atomic E-state index is 11.1. The molecule has 0 radical (unpaired) electrons. The molecule has 0 aromatic heterocycles. The van der Waals surface area contributed by atoms with Gasteiger partial charge in [-0.25, -0.2) is 0 Å². The quantitative estimate of drug-likeness (QED) is 0.544. The zero-order chi connectivity index (χ0) is 13.4. The third kappa shape index (κ3) is 6.15. The predicted octanol–water partition coefficient (Wildman–Crippen LogP) is 1.64. The average Bonchev–Trinajstić information content (AvgIpc) is 2.29. The summed E-state index contributed by atoms with van der Waals surface area (Å²) in [4.78, 5) is 23.9. The molecule has 0 saturated carbocycles. The Morgan fingerprint density at radius 2 is 1.89 bits per heavy atom.